The minimum atomic E-state index is -0.853. The molecule has 3 rings (SSSR count). The summed E-state index contributed by atoms with van der Waals surface area (Å²) in [6.07, 6.45) is -1.23. The Labute approximate surface area is 216 Å². The summed E-state index contributed by atoms with van der Waals surface area (Å²) < 4.78 is 24.3. The molecule has 3 amide bonds. The van der Waals surface area contributed by atoms with Gasteiger partial charge in [-0.2, -0.15) is 0 Å². The second-order valence-corrected chi connectivity index (χ2v) is 10.2. The van der Waals surface area contributed by atoms with Crippen LogP contribution in [0.5, 0.6) is 0 Å². The fourth-order valence-electron chi connectivity index (χ4n) is 4.17. The molecule has 1 heterocycles. The molecule has 1 unspecified atom stereocenters. The maximum absolute atomic E-state index is 13.6. The smallest absolute Gasteiger partial charge is 0.426 e. The molecule has 0 radical (unpaired) electrons. The first kappa shape index (κ1) is 27.9. The lowest BCUT2D eigenvalue weighted by atomic mass is 9.99. The Morgan fingerprint density at radius 1 is 0.973 bits per heavy atom. The highest BCUT2D eigenvalue weighted by Gasteiger charge is 2.40. The number of ether oxygens (including phenoxy) is 2. The average Bonchev–Trinajstić information content (AvgIpc) is 2.84. The van der Waals surface area contributed by atoms with Gasteiger partial charge in [0.25, 0.3) is 5.91 Å². The summed E-state index contributed by atoms with van der Waals surface area (Å²) in [5.74, 6) is -0.949. The molecule has 1 fully saturated rings. The minimum Gasteiger partial charge on any atom is -0.444 e. The lowest BCUT2D eigenvalue weighted by Crippen LogP contribution is -2.61. The third-order valence-corrected chi connectivity index (χ3v) is 5.93. The van der Waals surface area contributed by atoms with Gasteiger partial charge in [0, 0.05) is 25.2 Å². The van der Waals surface area contributed by atoms with Crippen LogP contribution >= 0.6 is 0 Å². The minimum absolute atomic E-state index is 0.0467. The van der Waals surface area contributed by atoms with Crippen LogP contribution in [0.3, 0.4) is 0 Å². The highest BCUT2D eigenvalue weighted by atomic mass is 19.1. The van der Waals surface area contributed by atoms with E-state index in [1.165, 1.54) is 24.3 Å². The number of hydrogen-bond donors (Lipinski definition) is 2. The number of piperazine rings is 1. The van der Waals surface area contributed by atoms with E-state index in [2.05, 4.69) is 10.9 Å². The molecule has 2 N–H and O–H groups in total. The standard InChI is InChI=1S/C27H35FN4O5/c1-18-16-32(26(35)37-27(3,4)5)19(2)15-31(18)23(21-11-13-22(28)14-12-21)24(33)29-30-25(34)36-17-20-9-7-6-8-10-20/h6-14,18-19,23H,15-17H2,1-5H3,(H,29,33)(H,30,34)/t18-,19-,23?/m0/s1. The normalized spacial score (nSPS) is 19.0. The monoisotopic (exact) mass is 514 g/mol. The zero-order valence-electron chi connectivity index (χ0n) is 21.9. The fourth-order valence-corrected chi connectivity index (χ4v) is 4.17. The zero-order valence-corrected chi connectivity index (χ0v) is 21.9. The molecular formula is C27H35FN4O5. The quantitative estimate of drug-likeness (QED) is 0.582. The summed E-state index contributed by atoms with van der Waals surface area (Å²) in [6.45, 7) is 9.93. The Balaban J connectivity index is 1.71. The molecule has 1 aliphatic rings. The fraction of sp³-hybridized carbons (Fsp3) is 0.444. The summed E-state index contributed by atoms with van der Waals surface area (Å²) in [5, 5.41) is 0. The third-order valence-electron chi connectivity index (χ3n) is 5.93. The van der Waals surface area contributed by atoms with E-state index >= 15 is 0 Å². The highest BCUT2D eigenvalue weighted by Crippen LogP contribution is 2.29. The van der Waals surface area contributed by atoms with Crippen LogP contribution in [0, 0.1) is 5.82 Å². The molecule has 200 valence electrons. The molecule has 1 saturated heterocycles. The van der Waals surface area contributed by atoms with Gasteiger partial charge in [0.1, 0.15) is 24.1 Å². The summed E-state index contributed by atoms with van der Waals surface area (Å²) in [7, 11) is 0. The van der Waals surface area contributed by atoms with E-state index in [-0.39, 0.29) is 18.7 Å². The van der Waals surface area contributed by atoms with Crippen molar-refractivity contribution < 1.29 is 28.2 Å². The zero-order chi connectivity index (χ0) is 27.2. The van der Waals surface area contributed by atoms with Crippen LogP contribution < -0.4 is 10.9 Å². The number of nitrogens with one attached hydrogen (secondary N) is 2. The molecule has 3 atom stereocenters. The van der Waals surface area contributed by atoms with Crippen LogP contribution in [0.2, 0.25) is 0 Å². The largest absolute Gasteiger partial charge is 0.444 e. The van der Waals surface area contributed by atoms with Crippen LogP contribution in [-0.2, 0) is 20.9 Å². The summed E-state index contributed by atoms with van der Waals surface area (Å²) >= 11 is 0. The van der Waals surface area contributed by atoms with Gasteiger partial charge < -0.3 is 14.4 Å². The van der Waals surface area contributed by atoms with Crippen molar-refractivity contribution in [2.75, 3.05) is 13.1 Å². The van der Waals surface area contributed by atoms with Crippen LogP contribution in [0.1, 0.15) is 51.8 Å². The number of nitrogens with zero attached hydrogens (tertiary/aromatic N) is 2. The lowest BCUT2D eigenvalue weighted by Gasteiger charge is -2.46. The van der Waals surface area contributed by atoms with Gasteiger partial charge in [-0.25, -0.2) is 19.4 Å². The van der Waals surface area contributed by atoms with Gasteiger partial charge in [-0.05, 0) is 57.9 Å². The van der Waals surface area contributed by atoms with Gasteiger partial charge in [0.2, 0.25) is 0 Å². The van der Waals surface area contributed by atoms with Gasteiger partial charge in [-0.15, -0.1) is 0 Å². The molecule has 9 nitrogen and oxygen atoms in total. The van der Waals surface area contributed by atoms with Crippen molar-refractivity contribution >= 4 is 18.1 Å². The molecule has 2 aromatic rings. The lowest BCUT2D eigenvalue weighted by molar-refractivity contribution is -0.130. The molecule has 0 bridgehead atoms. The topological polar surface area (TPSA) is 100 Å². The van der Waals surface area contributed by atoms with Crippen molar-refractivity contribution in [1.29, 1.82) is 0 Å². The second-order valence-electron chi connectivity index (χ2n) is 10.2. The molecule has 1 aliphatic heterocycles. The van der Waals surface area contributed by atoms with Gasteiger partial charge >= 0.3 is 12.2 Å². The van der Waals surface area contributed by atoms with E-state index in [4.69, 9.17) is 9.47 Å². The van der Waals surface area contributed by atoms with E-state index in [0.29, 0.717) is 18.7 Å². The SMILES string of the molecule is C[C@H]1CN(C(C(=O)NNC(=O)OCc2ccccc2)c2ccc(F)cc2)[C@@H](C)CN1C(=O)OC(C)(C)C. The summed E-state index contributed by atoms with van der Waals surface area (Å²) in [4.78, 5) is 41.8. The maximum atomic E-state index is 13.6. The number of carbonyl (C=O) groups excluding carboxylic acids is 3. The summed E-state index contributed by atoms with van der Waals surface area (Å²) in [5.41, 5.74) is 5.43. The van der Waals surface area contributed by atoms with E-state index in [1.54, 1.807) is 4.90 Å². The van der Waals surface area contributed by atoms with Gasteiger partial charge in [0.05, 0.1) is 0 Å². The Morgan fingerprint density at radius 3 is 2.24 bits per heavy atom. The van der Waals surface area contributed by atoms with Crippen LogP contribution in [-0.4, -0.2) is 58.7 Å². The molecule has 0 spiro atoms. The van der Waals surface area contributed by atoms with Crippen molar-refractivity contribution in [3.8, 4) is 0 Å². The number of rotatable bonds is 5. The first-order chi connectivity index (χ1) is 17.4. The van der Waals surface area contributed by atoms with Crippen molar-refractivity contribution in [3.05, 3.63) is 71.5 Å². The maximum Gasteiger partial charge on any atom is 0.426 e. The molecular weight excluding hydrogens is 479 g/mol. The van der Waals surface area contributed by atoms with Crippen molar-refractivity contribution in [3.63, 3.8) is 0 Å². The van der Waals surface area contributed by atoms with Gasteiger partial charge in [-0.3, -0.25) is 15.1 Å². The number of carbonyl (C=O) groups is 3. The van der Waals surface area contributed by atoms with Crippen LogP contribution in [0.25, 0.3) is 0 Å². The Hall–Kier alpha value is -3.66. The number of hydrazine groups is 1. The molecule has 0 saturated carbocycles. The predicted octanol–water partition coefficient (Wildman–Crippen LogP) is 4.15. The molecule has 10 heteroatoms. The van der Waals surface area contributed by atoms with E-state index in [1.807, 2.05) is 69.9 Å². The first-order valence-corrected chi connectivity index (χ1v) is 12.2. The Kier molecular flexibility index (Phi) is 9.09. The van der Waals surface area contributed by atoms with Gasteiger partial charge in [-0.1, -0.05) is 42.5 Å². The van der Waals surface area contributed by atoms with E-state index in [0.717, 1.165) is 5.56 Å². The van der Waals surface area contributed by atoms with Gasteiger partial charge in [0.15, 0.2) is 0 Å². The second kappa shape index (κ2) is 12.1. The number of hydrogen-bond acceptors (Lipinski definition) is 6. The number of benzene rings is 2. The highest BCUT2D eigenvalue weighted by molar-refractivity contribution is 5.85. The van der Waals surface area contributed by atoms with Crippen molar-refractivity contribution in [2.45, 2.75) is 65.0 Å². The predicted molar refractivity (Wildman–Crippen MR) is 136 cm³/mol. The molecule has 0 aliphatic carbocycles. The van der Waals surface area contributed by atoms with Crippen molar-refractivity contribution in [1.82, 2.24) is 20.7 Å². The van der Waals surface area contributed by atoms with E-state index in [9.17, 15) is 18.8 Å². The first-order valence-electron chi connectivity index (χ1n) is 12.2. The molecule has 2 aromatic carbocycles. The third kappa shape index (κ3) is 7.91. The molecule has 0 aromatic heterocycles. The van der Waals surface area contributed by atoms with E-state index < -0.39 is 35.6 Å². The molecule has 37 heavy (non-hydrogen) atoms. The Bertz CT molecular complexity index is 1070. The average molecular weight is 515 g/mol. The van der Waals surface area contributed by atoms with Crippen LogP contribution in [0.15, 0.2) is 54.6 Å². The number of halogens is 1. The van der Waals surface area contributed by atoms with Crippen molar-refractivity contribution in [2.24, 2.45) is 0 Å². The Morgan fingerprint density at radius 2 is 1.62 bits per heavy atom. The summed E-state index contributed by atoms with van der Waals surface area (Å²) in [6, 6.07) is 13.4. The van der Waals surface area contributed by atoms with Crippen LogP contribution in [0.4, 0.5) is 14.0 Å². The number of amides is 3.